The number of thioether (sulfide) groups is 1. The van der Waals surface area contributed by atoms with Gasteiger partial charge < -0.3 is 10.6 Å². The summed E-state index contributed by atoms with van der Waals surface area (Å²) in [6.07, 6.45) is 2.12. The SMILES string of the molecule is CSCCN(C)CC(C(N)=S)c1ccccc1. The van der Waals surface area contributed by atoms with Crippen molar-refractivity contribution in [3.05, 3.63) is 35.9 Å². The highest BCUT2D eigenvalue weighted by atomic mass is 32.2. The quantitative estimate of drug-likeness (QED) is 0.769. The molecule has 0 saturated heterocycles. The van der Waals surface area contributed by atoms with Crippen molar-refractivity contribution in [3.8, 4) is 0 Å². The van der Waals surface area contributed by atoms with Crippen LogP contribution in [0.25, 0.3) is 0 Å². The van der Waals surface area contributed by atoms with Gasteiger partial charge in [-0.05, 0) is 18.9 Å². The van der Waals surface area contributed by atoms with Crippen LogP contribution in [0.4, 0.5) is 0 Å². The highest BCUT2D eigenvalue weighted by Gasteiger charge is 2.16. The summed E-state index contributed by atoms with van der Waals surface area (Å²) in [6, 6.07) is 10.3. The summed E-state index contributed by atoms with van der Waals surface area (Å²) in [5.74, 6) is 1.29. The van der Waals surface area contributed by atoms with Crippen LogP contribution in [-0.2, 0) is 0 Å². The molecule has 17 heavy (non-hydrogen) atoms. The molecule has 1 aromatic carbocycles. The molecular formula is C13H20N2S2. The van der Waals surface area contributed by atoms with Gasteiger partial charge in [0, 0.05) is 24.8 Å². The Balaban J connectivity index is 2.65. The van der Waals surface area contributed by atoms with E-state index in [9.17, 15) is 0 Å². The van der Waals surface area contributed by atoms with E-state index < -0.39 is 0 Å². The number of nitrogens with zero attached hydrogens (tertiary/aromatic N) is 1. The molecule has 0 spiro atoms. The maximum absolute atomic E-state index is 5.85. The average molecular weight is 268 g/mol. The molecule has 1 atom stereocenters. The Morgan fingerprint density at radius 1 is 1.41 bits per heavy atom. The zero-order valence-corrected chi connectivity index (χ0v) is 12.1. The Bertz CT molecular complexity index is 341. The van der Waals surface area contributed by atoms with Gasteiger partial charge in [-0.25, -0.2) is 0 Å². The number of thiocarbonyl (C=S) groups is 1. The molecule has 0 aliphatic carbocycles. The second-order valence-corrected chi connectivity index (χ2v) is 5.58. The first-order valence-corrected chi connectivity index (χ1v) is 7.47. The van der Waals surface area contributed by atoms with Crippen LogP contribution in [-0.4, -0.2) is 42.0 Å². The Labute approximate surface area is 114 Å². The summed E-state index contributed by atoms with van der Waals surface area (Å²) in [6.45, 7) is 1.95. The van der Waals surface area contributed by atoms with Crippen molar-refractivity contribution in [3.63, 3.8) is 0 Å². The van der Waals surface area contributed by atoms with Crippen LogP contribution in [0.1, 0.15) is 11.5 Å². The molecule has 0 heterocycles. The summed E-state index contributed by atoms with van der Waals surface area (Å²) in [7, 11) is 2.12. The zero-order chi connectivity index (χ0) is 12.7. The van der Waals surface area contributed by atoms with E-state index in [1.807, 2.05) is 30.0 Å². The molecule has 0 amide bonds. The van der Waals surface area contributed by atoms with Gasteiger partial charge in [0.1, 0.15) is 0 Å². The molecule has 0 aliphatic rings. The Morgan fingerprint density at radius 3 is 2.59 bits per heavy atom. The van der Waals surface area contributed by atoms with Gasteiger partial charge in [0.05, 0.1) is 4.99 Å². The monoisotopic (exact) mass is 268 g/mol. The van der Waals surface area contributed by atoms with Gasteiger partial charge in [0.2, 0.25) is 0 Å². The molecule has 0 bridgehead atoms. The summed E-state index contributed by atoms with van der Waals surface area (Å²) in [5.41, 5.74) is 7.05. The van der Waals surface area contributed by atoms with Crippen LogP contribution in [0, 0.1) is 0 Å². The number of likely N-dealkylation sites (N-methyl/N-ethyl adjacent to an activating group) is 1. The first-order valence-electron chi connectivity index (χ1n) is 5.67. The van der Waals surface area contributed by atoms with Crippen molar-refractivity contribution in [1.29, 1.82) is 0 Å². The van der Waals surface area contributed by atoms with Crippen molar-refractivity contribution in [2.24, 2.45) is 5.73 Å². The third-order valence-corrected chi connectivity index (χ3v) is 3.59. The van der Waals surface area contributed by atoms with Gasteiger partial charge >= 0.3 is 0 Å². The lowest BCUT2D eigenvalue weighted by atomic mass is 9.99. The van der Waals surface area contributed by atoms with Crippen LogP contribution in [0.3, 0.4) is 0 Å². The van der Waals surface area contributed by atoms with E-state index in [4.69, 9.17) is 18.0 Å². The molecule has 4 heteroatoms. The second kappa shape index (κ2) is 7.69. The zero-order valence-electron chi connectivity index (χ0n) is 10.4. The lowest BCUT2D eigenvalue weighted by molar-refractivity contribution is 0.352. The topological polar surface area (TPSA) is 29.3 Å². The molecule has 0 aromatic heterocycles. The molecule has 1 rings (SSSR count). The number of benzene rings is 1. The van der Waals surface area contributed by atoms with E-state index >= 15 is 0 Å². The molecule has 0 aliphatic heterocycles. The third kappa shape index (κ3) is 5.06. The number of hydrogen-bond acceptors (Lipinski definition) is 3. The molecule has 0 saturated carbocycles. The van der Waals surface area contributed by atoms with Gasteiger partial charge in [0.15, 0.2) is 0 Å². The minimum Gasteiger partial charge on any atom is -0.393 e. The lowest BCUT2D eigenvalue weighted by Gasteiger charge is -2.23. The fraction of sp³-hybridized carbons (Fsp3) is 0.462. The fourth-order valence-electron chi connectivity index (χ4n) is 1.70. The largest absolute Gasteiger partial charge is 0.393 e. The fourth-order valence-corrected chi connectivity index (χ4v) is 2.40. The Morgan fingerprint density at radius 2 is 2.06 bits per heavy atom. The van der Waals surface area contributed by atoms with Crippen LogP contribution < -0.4 is 5.73 Å². The normalized spacial score (nSPS) is 12.6. The maximum Gasteiger partial charge on any atom is 0.0816 e. The van der Waals surface area contributed by atoms with Gasteiger partial charge in [0.25, 0.3) is 0 Å². The van der Waals surface area contributed by atoms with E-state index in [1.165, 1.54) is 5.56 Å². The molecule has 94 valence electrons. The van der Waals surface area contributed by atoms with Gasteiger partial charge in [-0.2, -0.15) is 11.8 Å². The van der Waals surface area contributed by atoms with Crippen LogP contribution in [0.15, 0.2) is 30.3 Å². The molecule has 2 N–H and O–H groups in total. The Hall–Kier alpha value is -0.580. The predicted octanol–water partition coefficient (Wildman–Crippen LogP) is 2.35. The van der Waals surface area contributed by atoms with E-state index in [-0.39, 0.29) is 5.92 Å². The van der Waals surface area contributed by atoms with E-state index in [0.717, 1.165) is 18.8 Å². The van der Waals surface area contributed by atoms with Crippen LogP contribution >= 0.6 is 24.0 Å². The molecular weight excluding hydrogens is 248 g/mol. The number of nitrogens with two attached hydrogens (primary N) is 1. The summed E-state index contributed by atoms with van der Waals surface area (Å²) < 4.78 is 0. The minimum atomic E-state index is 0.151. The summed E-state index contributed by atoms with van der Waals surface area (Å²) in [5, 5.41) is 0. The van der Waals surface area contributed by atoms with Gasteiger partial charge in [-0.3, -0.25) is 0 Å². The van der Waals surface area contributed by atoms with E-state index in [1.54, 1.807) is 0 Å². The summed E-state index contributed by atoms with van der Waals surface area (Å²) in [4.78, 5) is 2.86. The molecule has 1 unspecified atom stereocenters. The van der Waals surface area contributed by atoms with Crippen molar-refractivity contribution in [2.75, 3.05) is 32.1 Å². The highest BCUT2D eigenvalue weighted by Crippen LogP contribution is 2.17. The second-order valence-electron chi connectivity index (χ2n) is 4.12. The van der Waals surface area contributed by atoms with Crippen molar-refractivity contribution in [1.82, 2.24) is 4.90 Å². The van der Waals surface area contributed by atoms with Crippen molar-refractivity contribution in [2.45, 2.75) is 5.92 Å². The molecule has 0 fully saturated rings. The standard InChI is InChI=1S/C13H20N2S2/c1-15(8-9-17-2)10-12(13(14)16)11-6-4-3-5-7-11/h3-7,12H,8-10H2,1-2H3,(H2,14,16). The van der Waals surface area contributed by atoms with Crippen LogP contribution in [0.2, 0.25) is 0 Å². The number of hydrogen-bond donors (Lipinski definition) is 1. The van der Waals surface area contributed by atoms with Crippen molar-refractivity contribution >= 4 is 29.0 Å². The van der Waals surface area contributed by atoms with E-state index in [2.05, 4.69) is 30.3 Å². The highest BCUT2D eigenvalue weighted by molar-refractivity contribution is 7.98. The first kappa shape index (κ1) is 14.5. The maximum atomic E-state index is 5.85. The molecule has 0 radical (unpaired) electrons. The average Bonchev–Trinajstić information content (AvgIpc) is 2.34. The summed E-state index contributed by atoms with van der Waals surface area (Å²) >= 11 is 7.03. The first-order chi connectivity index (χ1) is 8.15. The van der Waals surface area contributed by atoms with Crippen molar-refractivity contribution < 1.29 is 0 Å². The smallest absolute Gasteiger partial charge is 0.0816 e. The molecule has 1 aromatic rings. The van der Waals surface area contributed by atoms with Gasteiger partial charge in [-0.15, -0.1) is 0 Å². The third-order valence-electron chi connectivity index (χ3n) is 2.72. The van der Waals surface area contributed by atoms with Crippen LogP contribution in [0.5, 0.6) is 0 Å². The molecule has 2 nitrogen and oxygen atoms in total. The minimum absolute atomic E-state index is 0.151. The number of rotatable bonds is 7. The predicted molar refractivity (Wildman–Crippen MR) is 81.8 cm³/mol. The van der Waals surface area contributed by atoms with Gasteiger partial charge in [-0.1, -0.05) is 42.5 Å². The lowest BCUT2D eigenvalue weighted by Crippen LogP contribution is -2.32. The van der Waals surface area contributed by atoms with E-state index in [0.29, 0.717) is 4.99 Å². The Kier molecular flexibility index (Phi) is 6.55.